The molecule has 1 unspecified atom stereocenters. The van der Waals surface area contributed by atoms with Crippen molar-refractivity contribution in [2.45, 2.75) is 25.4 Å². The van der Waals surface area contributed by atoms with Gasteiger partial charge < -0.3 is 10.2 Å². The van der Waals surface area contributed by atoms with Crippen LogP contribution in [0.5, 0.6) is 0 Å². The Hall–Kier alpha value is -2.67. The maximum absolute atomic E-state index is 12.2. The number of nitrogens with one attached hydrogen (secondary N) is 1. The lowest BCUT2D eigenvalue weighted by Gasteiger charge is -2.15. The number of hydrogen-bond donors (Lipinski definition) is 1. The SMILES string of the molecule is CN(C)c1nc2c(s1)C(c1cccc(Cn3cccn3)c1)CC(=O)NC2. The van der Waals surface area contributed by atoms with Gasteiger partial charge in [0.05, 0.1) is 18.8 Å². The summed E-state index contributed by atoms with van der Waals surface area (Å²) in [5.74, 6) is 0.111. The van der Waals surface area contributed by atoms with Crippen LogP contribution in [0, 0.1) is 0 Å². The number of hydrogen-bond acceptors (Lipinski definition) is 5. The molecule has 26 heavy (non-hydrogen) atoms. The van der Waals surface area contributed by atoms with Gasteiger partial charge in [0.2, 0.25) is 5.91 Å². The van der Waals surface area contributed by atoms with E-state index in [4.69, 9.17) is 4.98 Å². The van der Waals surface area contributed by atoms with E-state index < -0.39 is 0 Å². The Balaban J connectivity index is 1.70. The van der Waals surface area contributed by atoms with Gasteiger partial charge in [0.1, 0.15) is 0 Å². The van der Waals surface area contributed by atoms with Crippen LogP contribution in [0.15, 0.2) is 42.7 Å². The third-order valence-electron chi connectivity index (χ3n) is 4.52. The van der Waals surface area contributed by atoms with Gasteiger partial charge in [-0.1, -0.05) is 24.3 Å². The van der Waals surface area contributed by atoms with Crippen LogP contribution >= 0.6 is 11.3 Å². The third kappa shape index (κ3) is 3.35. The zero-order valence-electron chi connectivity index (χ0n) is 14.8. The van der Waals surface area contributed by atoms with E-state index in [-0.39, 0.29) is 11.8 Å². The van der Waals surface area contributed by atoms with E-state index in [1.807, 2.05) is 35.9 Å². The normalized spacial score (nSPS) is 16.7. The highest BCUT2D eigenvalue weighted by Crippen LogP contribution is 2.39. The summed E-state index contributed by atoms with van der Waals surface area (Å²) in [7, 11) is 3.99. The first-order valence-corrected chi connectivity index (χ1v) is 9.41. The molecule has 1 N–H and O–H groups in total. The minimum Gasteiger partial charge on any atom is -0.354 e. The topological polar surface area (TPSA) is 63.1 Å². The first-order valence-electron chi connectivity index (χ1n) is 8.60. The maximum Gasteiger partial charge on any atom is 0.221 e. The average Bonchev–Trinajstić information content (AvgIpc) is 3.25. The van der Waals surface area contributed by atoms with Crippen molar-refractivity contribution in [1.82, 2.24) is 20.1 Å². The van der Waals surface area contributed by atoms with Gasteiger partial charge in [-0.2, -0.15) is 5.10 Å². The fourth-order valence-electron chi connectivity index (χ4n) is 3.23. The molecule has 0 radical (unpaired) electrons. The van der Waals surface area contributed by atoms with Crippen LogP contribution in [-0.2, 0) is 17.9 Å². The number of carbonyl (C=O) groups excluding carboxylic acids is 1. The fourth-order valence-corrected chi connectivity index (χ4v) is 4.36. The highest BCUT2D eigenvalue weighted by molar-refractivity contribution is 7.15. The molecule has 0 aliphatic carbocycles. The van der Waals surface area contributed by atoms with E-state index in [2.05, 4.69) is 34.7 Å². The predicted octanol–water partition coefficient (Wildman–Crippen LogP) is 2.61. The number of fused-ring (bicyclic) bond motifs is 1. The number of thiazole rings is 1. The number of carbonyl (C=O) groups is 1. The van der Waals surface area contributed by atoms with Crippen molar-refractivity contribution in [3.8, 4) is 0 Å². The molecule has 7 heteroatoms. The minimum absolute atomic E-state index is 0.0382. The maximum atomic E-state index is 12.2. The lowest BCUT2D eigenvalue weighted by Crippen LogP contribution is -2.21. The molecular formula is C19H21N5OS. The van der Waals surface area contributed by atoms with Gasteiger partial charge in [0.25, 0.3) is 0 Å². The van der Waals surface area contributed by atoms with E-state index >= 15 is 0 Å². The molecule has 3 heterocycles. The van der Waals surface area contributed by atoms with E-state index in [9.17, 15) is 4.79 Å². The summed E-state index contributed by atoms with van der Waals surface area (Å²) in [6, 6.07) is 10.4. The Morgan fingerprint density at radius 3 is 3.00 bits per heavy atom. The lowest BCUT2D eigenvalue weighted by molar-refractivity contribution is -0.121. The summed E-state index contributed by atoms with van der Waals surface area (Å²) in [4.78, 5) is 20.2. The molecule has 0 saturated heterocycles. The third-order valence-corrected chi connectivity index (χ3v) is 5.89. The van der Waals surface area contributed by atoms with Gasteiger partial charge in [0.15, 0.2) is 5.13 Å². The van der Waals surface area contributed by atoms with Crippen LogP contribution < -0.4 is 10.2 Å². The predicted molar refractivity (Wildman–Crippen MR) is 103 cm³/mol. The number of aromatic nitrogens is 3. The molecule has 1 atom stereocenters. The number of anilines is 1. The molecule has 0 fully saturated rings. The highest BCUT2D eigenvalue weighted by Gasteiger charge is 2.28. The molecular weight excluding hydrogens is 346 g/mol. The molecule has 4 rings (SSSR count). The summed E-state index contributed by atoms with van der Waals surface area (Å²) >= 11 is 1.68. The summed E-state index contributed by atoms with van der Waals surface area (Å²) in [5.41, 5.74) is 3.31. The van der Waals surface area contributed by atoms with Crippen LogP contribution in [0.2, 0.25) is 0 Å². The van der Waals surface area contributed by atoms with E-state index in [0.29, 0.717) is 13.0 Å². The van der Waals surface area contributed by atoms with Crippen molar-refractivity contribution >= 4 is 22.4 Å². The van der Waals surface area contributed by atoms with Crippen molar-refractivity contribution < 1.29 is 4.79 Å². The molecule has 134 valence electrons. The summed E-state index contributed by atoms with van der Waals surface area (Å²) in [5, 5.41) is 8.23. The van der Waals surface area contributed by atoms with Gasteiger partial charge in [-0.15, -0.1) is 11.3 Å². The summed E-state index contributed by atoms with van der Waals surface area (Å²) < 4.78 is 1.90. The van der Waals surface area contributed by atoms with E-state index in [1.165, 1.54) is 10.4 Å². The van der Waals surface area contributed by atoms with Gasteiger partial charge in [-0.25, -0.2) is 4.98 Å². The lowest BCUT2D eigenvalue weighted by atomic mass is 9.92. The highest BCUT2D eigenvalue weighted by atomic mass is 32.1. The molecule has 6 nitrogen and oxygen atoms in total. The van der Waals surface area contributed by atoms with Crippen LogP contribution in [0.25, 0.3) is 0 Å². The molecule has 1 aliphatic heterocycles. The molecule has 0 bridgehead atoms. The van der Waals surface area contributed by atoms with Crippen LogP contribution in [0.4, 0.5) is 5.13 Å². The second-order valence-corrected chi connectivity index (χ2v) is 7.69. The van der Waals surface area contributed by atoms with Crippen molar-refractivity contribution in [3.05, 3.63) is 64.4 Å². The fraction of sp³-hybridized carbons (Fsp3) is 0.316. The number of amides is 1. The zero-order chi connectivity index (χ0) is 18.1. The molecule has 1 aromatic carbocycles. The smallest absolute Gasteiger partial charge is 0.221 e. The Kier molecular flexibility index (Phi) is 4.46. The summed E-state index contributed by atoms with van der Waals surface area (Å²) in [6.07, 6.45) is 4.19. The van der Waals surface area contributed by atoms with Crippen molar-refractivity contribution in [2.24, 2.45) is 0 Å². The standard InChI is InChI=1S/C19H21N5OS/c1-23(2)19-22-16-11-20-17(25)10-15(18(16)26-19)14-6-3-5-13(9-14)12-24-8-4-7-21-24/h3-9,15H,10-12H2,1-2H3,(H,20,25). The molecule has 1 amide bonds. The van der Waals surface area contributed by atoms with Gasteiger partial charge in [-0.3, -0.25) is 9.48 Å². The zero-order valence-corrected chi connectivity index (χ0v) is 15.7. The van der Waals surface area contributed by atoms with Gasteiger partial charge in [-0.05, 0) is 17.2 Å². The first-order chi connectivity index (χ1) is 12.6. The molecule has 0 spiro atoms. The largest absolute Gasteiger partial charge is 0.354 e. The van der Waals surface area contributed by atoms with Crippen molar-refractivity contribution in [1.29, 1.82) is 0 Å². The second kappa shape index (κ2) is 6.92. The van der Waals surface area contributed by atoms with Crippen LogP contribution in [0.3, 0.4) is 0 Å². The monoisotopic (exact) mass is 367 g/mol. The summed E-state index contributed by atoms with van der Waals surface area (Å²) in [6.45, 7) is 1.22. The molecule has 0 saturated carbocycles. The van der Waals surface area contributed by atoms with E-state index in [1.54, 1.807) is 17.5 Å². The Morgan fingerprint density at radius 1 is 1.35 bits per heavy atom. The Bertz CT molecular complexity index is 916. The molecule has 1 aliphatic rings. The second-order valence-electron chi connectivity index (χ2n) is 6.68. The minimum atomic E-state index is 0.0382. The van der Waals surface area contributed by atoms with Gasteiger partial charge >= 0.3 is 0 Å². The molecule has 2 aromatic heterocycles. The van der Waals surface area contributed by atoms with Gasteiger partial charge in [0, 0.05) is 43.7 Å². The number of rotatable bonds is 4. The average molecular weight is 367 g/mol. The number of benzene rings is 1. The van der Waals surface area contributed by atoms with Crippen molar-refractivity contribution in [2.75, 3.05) is 19.0 Å². The molecule has 3 aromatic rings. The van der Waals surface area contributed by atoms with Crippen molar-refractivity contribution in [3.63, 3.8) is 0 Å². The Labute approximate surface area is 156 Å². The first kappa shape index (κ1) is 16.8. The van der Waals surface area contributed by atoms with E-state index in [0.717, 1.165) is 22.9 Å². The van der Waals surface area contributed by atoms with Crippen LogP contribution in [0.1, 0.15) is 34.0 Å². The number of nitrogens with zero attached hydrogens (tertiary/aromatic N) is 4. The van der Waals surface area contributed by atoms with Crippen LogP contribution in [-0.4, -0.2) is 34.8 Å². The Morgan fingerprint density at radius 2 is 2.23 bits per heavy atom. The quantitative estimate of drug-likeness (QED) is 0.770.